The Morgan fingerprint density at radius 1 is 0.621 bits per heavy atom. The van der Waals surface area contributed by atoms with Crippen LogP contribution in [-0.4, -0.2) is 13.7 Å². The summed E-state index contributed by atoms with van der Waals surface area (Å²) in [6.45, 7) is 2.67. The maximum absolute atomic E-state index is 5.57. The first-order valence-electron chi connectivity index (χ1n) is 9.68. The van der Waals surface area contributed by atoms with E-state index in [4.69, 9.17) is 9.47 Å². The lowest BCUT2D eigenvalue weighted by Gasteiger charge is -2.05. The molecule has 29 heavy (non-hydrogen) atoms. The lowest BCUT2D eigenvalue weighted by Crippen LogP contribution is -1.90. The molecule has 0 aliphatic rings. The molecule has 0 radical (unpaired) electrons. The van der Waals surface area contributed by atoms with Gasteiger partial charge in [-0.2, -0.15) is 0 Å². The maximum Gasteiger partial charge on any atom is 0.119 e. The minimum Gasteiger partial charge on any atom is -0.497 e. The molecule has 0 spiro atoms. The van der Waals surface area contributed by atoms with Gasteiger partial charge in [-0.15, -0.1) is 0 Å². The van der Waals surface area contributed by atoms with Crippen molar-refractivity contribution in [3.8, 4) is 34.5 Å². The Labute approximate surface area is 171 Å². The number of rotatable bonds is 4. The van der Waals surface area contributed by atoms with E-state index in [0.717, 1.165) is 44.5 Å². The Bertz CT molecular complexity index is 1180. The van der Waals surface area contributed by atoms with E-state index in [-0.39, 0.29) is 0 Å². The van der Waals surface area contributed by atoms with Gasteiger partial charge in [-0.3, -0.25) is 0 Å². The topological polar surface area (TPSA) is 18.5 Å². The maximum atomic E-state index is 5.57. The lowest BCUT2D eigenvalue weighted by atomic mass is 10.0. The second kappa shape index (κ2) is 8.54. The summed E-state index contributed by atoms with van der Waals surface area (Å²) in [5.74, 6) is 8.29. The molecule has 2 nitrogen and oxygen atoms in total. The first-order chi connectivity index (χ1) is 14.2. The third-order valence-corrected chi connectivity index (χ3v) is 4.78. The van der Waals surface area contributed by atoms with Crippen LogP contribution in [0.5, 0.6) is 11.5 Å². The van der Waals surface area contributed by atoms with Gasteiger partial charge in [0, 0.05) is 11.1 Å². The van der Waals surface area contributed by atoms with Crippen molar-refractivity contribution in [3.63, 3.8) is 0 Å². The van der Waals surface area contributed by atoms with Gasteiger partial charge in [0.1, 0.15) is 11.5 Å². The van der Waals surface area contributed by atoms with E-state index in [9.17, 15) is 0 Å². The van der Waals surface area contributed by atoms with Gasteiger partial charge in [-0.1, -0.05) is 48.2 Å². The number of methoxy groups -OCH3 is 1. The van der Waals surface area contributed by atoms with Crippen molar-refractivity contribution in [2.24, 2.45) is 0 Å². The highest BCUT2D eigenvalue weighted by Gasteiger charge is 2.00. The van der Waals surface area contributed by atoms with E-state index in [0.29, 0.717) is 6.61 Å². The third-order valence-electron chi connectivity index (χ3n) is 4.78. The monoisotopic (exact) mass is 378 g/mol. The fourth-order valence-electron chi connectivity index (χ4n) is 3.23. The van der Waals surface area contributed by atoms with Crippen molar-refractivity contribution in [3.05, 3.63) is 96.1 Å². The van der Waals surface area contributed by atoms with E-state index >= 15 is 0 Å². The minimum absolute atomic E-state index is 0.673. The fraction of sp³-hybridized carbons (Fsp3) is 0.111. The van der Waals surface area contributed by atoms with Gasteiger partial charge < -0.3 is 9.47 Å². The number of hydrogen-bond acceptors (Lipinski definition) is 2. The SMILES string of the molecule is CCOc1ccc2cc(C#Cc3ccc(-c4ccc(OC)cc4)cc3)ccc2c1. The Balaban J connectivity index is 1.52. The van der Waals surface area contributed by atoms with Gasteiger partial charge in [-0.05, 0) is 77.4 Å². The molecule has 0 saturated carbocycles. The largest absolute Gasteiger partial charge is 0.497 e. The van der Waals surface area contributed by atoms with Crippen LogP contribution in [0, 0.1) is 11.8 Å². The molecule has 142 valence electrons. The van der Waals surface area contributed by atoms with E-state index in [1.54, 1.807) is 7.11 Å². The van der Waals surface area contributed by atoms with Crippen molar-refractivity contribution in [2.45, 2.75) is 6.92 Å². The summed E-state index contributed by atoms with van der Waals surface area (Å²) >= 11 is 0. The molecule has 0 aromatic heterocycles. The molecule has 0 unspecified atom stereocenters. The molecular formula is C27H22O2. The number of fused-ring (bicyclic) bond motifs is 1. The first-order valence-corrected chi connectivity index (χ1v) is 9.68. The predicted molar refractivity (Wildman–Crippen MR) is 120 cm³/mol. The Kier molecular flexibility index (Phi) is 5.49. The van der Waals surface area contributed by atoms with Crippen LogP contribution in [0.2, 0.25) is 0 Å². The predicted octanol–water partition coefficient (Wildman–Crippen LogP) is 6.31. The summed E-state index contributed by atoms with van der Waals surface area (Å²) in [5.41, 5.74) is 4.32. The summed E-state index contributed by atoms with van der Waals surface area (Å²) in [7, 11) is 1.68. The average molecular weight is 378 g/mol. The number of hydrogen-bond donors (Lipinski definition) is 0. The second-order valence-corrected chi connectivity index (χ2v) is 6.71. The highest BCUT2D eigenvalue weighted by atomic mass is 16.5. The smallest absolute Gasteiger partial charge is 0.119 e. The van der Waals surface area contributed by atoms with Crippen molar-refractivity contribution in [1.29, 1.82) is 0 Å². The molecule has 0 bridgehead atoms. The molecule has 0 aliphatic carbocycles. The molecule has 0 amide bonds. The summed E-state index contributed by atoms with van der Waals surface area (Å²) in [6, 6.07) is 28.8. The molecule has 0 saturated heterocycles. The van der Waals surface area contributed by atoms with E-state index in [1.807, 2.05) is 25.1 Å². The molecule has 0 atom stereocenters. The molecule has 2 heteroatoms. The van der Waals surface area contributed by atoms with Crippen molar-refractivity contribution in [2.75, 3.05) is 13.7 Å². The van der Waals surface area contributed by atoms with Crippen LogP contribution in [0.4, 0.5) is 0 Å². The molecule has 4 aromatic carbocycles. The standard InChI is InChI=1S/C27H22O2/c1-3-29-27-17-14-24-18-21(8-11-25(24)19-27)5-4-20-6-9-22(10-7-20)23-12-15-26(28-2)16-13-23/h6-19H,3H2,1-2H3. The van der Waals surface area contributed by atoms with Crippen molar-refractivity contribution < 1.29 is 9.47 Å². The molecule has 0 heterocycles. The fourth-order valence-corrected chi connectivity index (χ4v) is 3.23. The summed E-state index contributed by atoms with van der Waals surface area (Å²) in [6.07, 6.45) is 0. The summed E-state index contributed by atoms with van der Waals surface area (Å²) < 4.78 is 10.8. The van der Waals surface area contributed by atoms with E-state index in [1.165, 1.54) is 0 Å². The minimum atomic E-state index is 0.673. The van der Waals surface area contributed by atoms with Crippen LogP contribution in [0.25, 0.3) is 21.9 Å². The van der Waals surface area contributed by atoms with Crippen LogP contribution in [-0.2, 0) is 0 Å². The normalized spacial score (nSPS) is 10.3. The number of benzene rings is 4. The number of ether oxygens (including phenoxy) is 2. The van der Waals surface area contributed by atoms with Gasteiger partial charge in [0.2, 0.25) is 0 Å². The van der Waals surface area contributed by atoms with Crippen LogP contribution in [0.3, 0.4) is 0 Å². The van der Waals surface area contributed by atoms with Crippen LogP contribution >= 0.6 is 0 Å². The van der Waals surface area contributed by atoms with Gasteiger partial charge in [0.15, 0.2) is 0 Å². The van der Waals surface area contributed by atoms with Crippen LogP contribution in [0.15, 0.2) is 84.9 Å². The van der Waals surface area contributed by atoms with E-state index < -0.39 is 0 Å². The van der Waals surface area contributed by atoms with Gasteiger partial charge in [0.05, 0.1) is 13.7 Å². The van der Waals surface area contributed by atoms with Crippen LogP contribution < -0.4 is 9.47 Å². The summed E-state index contributed by atoms with van der Waals surface area (Å²) in [5, 5.41) is 2.32. The molecule has 4 rings (SSSR count). The van der Waals surface area contributed by atoms with Crippen LogP contribution in [0.1, 0.15) is 18.1 Å². The molecule has 0 aliphatic heterocycles. The van der Waals surface area contributed by atoms with E-state index in [2.05, 4.69) is 78.6 Å². The zero-order valence-corrected chi connectivity index (χ0v) is 16.6. The molecule has 0 fully saturated rings. The zero-order chi connectivity index (χ0) is 20.1. The molecule has 4 aromatic rings. The first kappa shape index (κ1) is 18.7. The summed E-state index contributed by atoms with van der Waals surface area (Å²) in [4.78, 5) is 0. The lowest BCUT2D eigenvalue weighted by molar-refractivity contribution is 0.341. The quantitative estimate of drug-likeness (QED) is 0.387. The van der Waals surface area contributed by atoms with Crippen molar-refractivity contribution in [1.82, 2.24) is 0 Å². The third kappa shape index (κ3) is 4.42. The Morgan fingerprint density at radius 3 is 1.86 bits per heavy atom. The highest BCUT2D eigenvalue weighted by molar-refractivity contribution is 5.85. The molecular weight excluding hydrogens is 356 g/mol. The highest BCUT2D eigenvalue weighted by Crippen LogP contribution is 2.23. The second-order valence-electron chi connectivity index (χ2n) is 6.71. The molecule has 0 N–H and O–H groups in total. The van der Waals surface area contributed by atoms with Gasteiger partial charge >= 0.3 is 0 Å². The van der Waals surface area contributed by atoms with Crippen molar-refractivity contribution >= 4 is 10.8 Å². The Morgan fingerprint density at radius 2 is 1.17 bits per heavy atom. The zero-order valence-electron chi connectivity index (χ0n) is 16.6. The Hall–Kier alpha value is -3.70. The van der Waals surface area contributed by atoms with Gasteiger partial charge in [0.25, 0.3) is 0 Å². The average Bonchev–Trinajstić information content (AvgIpc) is 2.78. The van der Waals surface area contributed by atoms with Gasteiger partial charge in [-0.25, -0.2) is 0 Å².